The van der Waals surface area contributed by atoms with Gasteiger partial charge in [-0.25, -0.2) is 9.78 Å². The molecule has 5 heteroatoms. The highest BCUT2D eigenvalue weighted by atomic mass is 32.1. The van der Waals surface area contributed by atoms with E-state index in [9.17, 15) is 4.79 Å². The molecule has 0 N–H and O–H groups in total. The first kappa shape index (κ1) is 14.5. The van der Waals surface area contributed by atoms with Crippen molar-refractivity contribution >= 4 is 17.3 Å². The number of carbonyl (C=O) groups is 1. The Morgan fingerprint density at radius 3 is 2.89 bits per heavy atom. The number of rotatable bonds is 5. The van der Waals surface area contributed by atoms with Crippen LogP contribution in [0.4, 0.5) is 0 Å². The number of carbonyl (C=O) groups excluding carboxylic acids is 1. The van der Waals surface area contributed by atoms with Crippen molar-refractivity contribution < 1.29 is 14.3 Å². The van der Waals surface area contributed by atoms with Crippen LogP contribution in [0.25, 0.3) is 0 Å². The van der Waals surface area contributed by atoms with Gasteiger partial charge in [-0.3, -0.25) is 0 Å². The Morgan fingerprint density at radius 1 is 1.42 bits per heavy atom. The van der Waals surface area contributed by atoms with E-state index >= 15 is 0 Å². The first-order valence-corrected chi connectivity index (χ1v) is 7.75. The SMILES string of the molecule is Cc1nc(C(=O)OCCOC2CCCCC2C)cs1. The average Bonchev–Trinajstić information content (AvgIpc) is 2.83. The van der Waals surface area contributed by atoms with E-state index in [0.717, 1.165) is 11.4 Å². The van der Waals surface area contributed by atoms with Crippen LogP contribution in [0.3, 0.4) is 0 Å². The molecule has 106 valence electrons. The van der Waals surface area contributed by atoms with Crippen LogP contribution >= 0.6 is 11.3 Å². The summed E-state index contributed by atoms with van der Waals surface area (Å²) < 4.78 is 10.9. The van der Waals surface area contributed by atoms with Gasteiger partial charge in [0.05, 0.1) is 17.7 Å². The molecule has 2 atom stereocenters. The van der Waals surface area contributed by atoms with Crippen molar-refractivity contribution in [1.82, 2.24) is 4.98 Å². The molecule has 0 aliphatic heterocycles. The summed E-state index contributed by atoms with van der Waals surface area (Å²) in [6, 6.07) is 0. The molecule has 1 aliphatic carbocycles. The zero-order valence-corrected chi connectivity index (χ0v) is 12.4. The van der Waals surface area contributed by atoms with Crippen LogP contribution in [0.1, 0.15) is 48.1 Å². The molecule has 0 spiro atoms. The molecule has 1 aliphatic rings. The lowest BCUT2D eigenvalue weighted by Gasteiger charge is -2.28. The van der Waals surface area contributed by atoms with Gasteiger partial charge in [0.2, 0.25) is 0 Å². The maximum Gasteiger partial charge on any atom is 0.357 e. The topological polar surface area (TPSA) is 48.4 Å². The molecule has 19 heavy (non-hydrogen) atoms. The Kier molecular flexibility index (Phi) is 5.34. The van der Waals surface area contributed by atoms with E-state index in [1.54, 1.807) is 5.38 Å². The number of hydrogen-bond donors (Lipinski definition) is 0. The summed E-state index contributed by atoms with van der Waals surface area (Å²) in [6.07, 6.45) is 5.24. The number of ether oxygens (including phenoxy) is 2. The Morgan fingerprint density at radius 2 is 2.21 bits per heavy atom. The summed E-state index contributed by atoms with van der Waals surface area (Å²) in [5.41, 5.74) is 0.397. The number of aromatic nitrogens is 1. The van der Waals surface area contributed by atoms with Crippen LogP contribution in [-0.4, -0.2) is 30.3 Å². The molecule has 2 rings (SSSR count). The van der Waals surface area contributed by atoms with E-state index in [-0.39, 0.29) is 5.97 Å². The number of aryl methyl sites for hydroxylation is 1. The fourth-order valence-electron chi connectivity index (χ4n) is 2.39. The lowest BCUT2D eigenvalue weighted by atomic mass is 9.88. The quantitative estimate of drug-likeness (QED) is 0.615. The van der Waals surface area contributed by atoms with Crippen molar-refractivity contribution in [1.29, 1.82) is 0 Å². The minimum Gasteiger partial charge on any atom is -0.458 e. The molecule has 2 unspecified atom stereocenters. The molecule has 1 heterocycles. The van der Waals surface area contributed by atoms with Gasteiger partial charge in [0, 0.05) is 5.38 Å². The molecule has 0 bridgehead atoms. The van der Waals surface area contributed by atoms with Gasteiger partial charge in [-0.2, -0.15) is 0 Å². The van der Waals surface area contributed by atoms with Crippen LogP contribution in [0, 0.1) is 12.8 Å². The Balaban J connectivity index is 1.65. The third-order valence-corrected chi connectivity index (χ3v) is 4.28. The average molecular weight is 283 g/mol. The highest BCUT2D eigenvalue weighted by molar-refractivity contribution is 7.09. The fraction of sp³-hybridized carbons (Fsp3) is 0.714. The molecule has 1 fully saturated rings. The van der Waals surface area contributed by atoms with Gasteiger partial charge < -0.3 is 9.47 Å². The maximum absolute atomic E-state index is 11.6. The molecule has 1 saturated carbocycles. The van der Waals surface area contributed by atoms with Crippen LogP contribution in [-0.2, 0) is 9.47 Å². The van der Waals surface area contributed by atoms with Crippen molar-refractivity contribution in [2.45, 2.75) is 45.6 Å². The molecule has 0 amide bonds. The second-order valence-electron chi connectivity index (χ2n) is 5.06. The summed E-state index contributed by atoms with van der Waals surface area (Å²) >= 11 is 1.45. The van der Waals surface area contributed by atoms with Gasteiger partial charge in [0.15, 0.2) is 5.69 Å². The van der Waals surface area contributed by atoms with E-state index in [1.807, 2.05) is 6.92 Å². The van der Waals surface area contributed by atoms with Crippen LogP contribution in [0.15, 0.2) is 5.38 Å². The predicted octanol–water partition coefficient (Wildman–Crippen LogP) is 3.20. The summed E-state index contributed by atoms with van der Waals surface area (Å²) in [4.78, 5) is 15.7. The lowest BCUT2D eigenvalue weighted by molar-refractivity contribution is -0.0272. The minimum absolute atomic E-state index is 0.304. The van der Waals surface area contributed by atoms with Crippen molar-refractivity contribution in [3.8, 4) is 0 Å². The first-order valence-electron chi connectivity index (χ1n) is 6.87. The Labute approximate surface area is 118 Å². The number of esters is 1. The number of thiazole rings is 1. The largest absolute Gasteiger partial charge is 0.458 e. The number of nitrogens with zero attached hydrogens (tertiary/aromatic N) is 1. The molecule has 1 aromatic heterocycles. The third kappa shape index (κ3) is 4.28. The van der Waals surface area contributed by atoms with Gasteiger partial charge in [-0.05, 0) is 25.7 Å². The number of hydrogen-bond acceptors (Lipinski definition) is 5. The van der Waals surface area contributed by atoms with E-state index in [2.05, 4.69) is 11.9 Å². The van der Waals surface area contributed by atoms with Crippen molar-refractivity contribution in [3.05, 3.63) is 16.1 Å². The third-order valence-electron chi connectivity index (χ3n) is 3.51. The van der Waals surface area contributed by atoms with Crippen LogP contribution in [0.2, 0.25) is 0 Å². The van der Waals surface area contributed by atoms with E-state index < -0.39 is 0 Å². The van der Waals surface area contributed by atoms with E-state index in [4.69, 9.17) is 9.47 Å². The zero-order chi connectivity index (χ0) is 13.7. The Bertz CT molecular complexity index is 419. The van der Waals surface area contributed by atoms with E-state index in [0.29, 0.717) is 30.9 Å². The summed E-state index contributed by atoms with van der Waals surface area (Å²) in [7, 11) is 0. The second kappa shape index (κ2) is 7.01. The molecule has 0 saturated heterocycles. The van der Waals surface area contributed by atoms with Gasteiger partial charge >= 0.3 is 5.97 Å². The van der Waals surface area contributed by atoms with Crippen molar-refractivity contribution in [2.24, 2.45) is 5.92 Å². The lowest BCUT2D eigenvalue weighted by Crippen LogP contribution is -2.27. The molecule has 0 aromatic carbocycles. The summed E-state index contributed by atoms with van der Waals surface area (Å²) in [5, 5.41) is 2.60. The smallest absolute Gasteiger partial charge is 0.357 e. The minimum atomic E-state index is -0.357. The molecular weight excluding hydrogens is 262 g/mol. The second-order valence-corrected chi connectivity index (χ2v) is 6.12. The van der Waals surface area contributed by atoms with Gasteiger partial charge in [0.1, 0.15) is 6.61 Å². The monoisotopic (exact) mass is 283 g/mol. The van der Waals surface area contributed by atoms with Crippen LogP contribution in [0.5, 0.6) is 0 Å². The standard InChI is InChI=1S/C14H21NO3S/c1-10-5-3-4-6-13(10)17-7-8-18-14(16)12-9-19-11(2)15-12/h9-10,13H,3-8H2,1-2H3. The van der Waals surface area contributed by atoms with Gasteiger partial charge in [-0.1, -0.05) is 19.8 Å². The van der Waals surface area contributed by atoms with Gasteiger partial charge in [-0.15, -0.1) is 11.3 Å². The molecule has 1 aromatic rings. The summed E-state index contributed by atoms with van der Waals surface area (Å²) in [6.45, 7) is 4.88. The molecule has 0 radical (unpaired) electrons. The zero-order valence-electron chi connectivity index (χ0n) is 11.6. The Hall–Kier alpha value is -0.940. The normalized spacial score (nSPS) is 23.3. The van der Waals surface area contributed by atoms with Gasteiger partial charge in [0.25, 0.3) is 0 Å². The highest BCUT2D eigenvalue weighted by Gasteiger charge is 2.21. The summed E-state index contributed by atoms with van der Waals surface area (Å²) in [5.74, 6) is 0.260. The van der Waals surface area contributed by atoms with Crippen molar-refractivity contribution in [2.75, 3.05) is 13.2 Å². The van der Waals surface area contributed by atoms with Crippen LogP contribution < -0.4 is 0 Å². The maximum atomic E-state index is 11.6. The molecule has 4 nitrogen and oxygen atoms in total. The fourth-order valence-corrected chi connectivity index (χ4v) is 2.98. The first-order chi connectivity index (χ1) is 9.16. The predicted molar refractivity (Wildman–Crippen MR) is 74.5 cm³/mol. The molecular formula is C14H21NO3S. The highest BCUT2D eigenvalue weighted by Crippen LogP contribution is 2.26. The van der Waals surface area contributed by atoms with Crippen molar-refractivity contribution in [3.63, 3.8) is 0 Å². The van der Waals surface area contributed by atoms with E-state index in [1.165, 1.54) is 30.6 Å².